The number of alkyl halides is 4. The Hall–Kier alpha value is -3.66. The molecule has 2 aromatic carbocycles. The number of carbonyl (C=O) groups excluding carboxylic acids is 2. The van der Waals surface area contributed by atoms with Crippen molar-refractivity contribution >= 4 is 17.5 Å². The van der Waals surface area contributed by atoms with Crippen molar-refractivity contribution in [2.45, 2.75) is 95.5 Å². The van der Waals surface area contributed by atoms with Crippen LogP contribution in [0.4, 0.5) is 17.6 Å². The van der Waals surface area contributed by atoms with Gasteiger partial charge in [-0.05, 0) is 67.2 Å². The Balaban J connectivity index is 1.74. The molecule has 0 radical (unpaired) electrons. The fraction of sp³-hybridized carbons (Fsp3) is 0.500. The van der Waals surface area contributed by atoms with E-state index in [1.807, 2.05) is 0 Å². The summed E-state index contributed by atoms with van der Waals surface area (Å²) >= 11 is 0. The summed E-state index contributed by atoms with van der Waals surface area (Å²) in [5.41, 5.74) is -2.38. The molecule has 0 amide bonds. The summed E-state index contributed by atoms with van der Waals surface area (Å²) < 4.78 is 72.8. The van der Waals surface area contributed by atoms with Gasteiger partial charge in [0.15, 0.2) is 6.10 Å². The molecule has 1 aliphatic carbocycles. The third kappa shape index (κ3) is 9.92. The lowest BCUT2D eigenvalue weighted by Crippen LogP contribution is -2.52. The van der Waals surface area contributed by atoms with Crippen LogP contribution in [0.25, 0.3) is 5.57 Å². The van der Waals surface area contributed by atoms with E-state index in [0.717, 1.165) is 31.1 Å². The summed E-state index contributed by atoms with van der Waals surface area (Å²) in [6.07, 6.45) is 1.61. The average Bonchev–Trinajstić information content (AvgIpc) is 3.03. The number of carboxylic acids is 1. The van der Waals surface area contributed by atoms with Crippen LogP contribution >= 0.6 is 0 Å². The zero-order valence-corrected chi connectivity index (χ0v) is 26.5. The lowest BCUT2D eigenvalue weighted by Gasteiger charge is -2.38. The lowest BCUT2D eigenvalue weighted by atomic mass is 9.71. The van der Waals surface area contributed by atoms with Crippen LogP contribution in [0.1, 0.15) is 93.1 Å². The number of allylic oxidation sites excluding steroid dienone is 3. The highest BCUT2D eigenvalue weighted by atomic mass is 19.4. The van der Waals surface area contributed by atoms with Gasteiger partial charge in [0, 0.05) is 13.2 Å². The van der Waals surface area contributed by atoms with Gasteiger partial charge >= 0.3 is 12.1 Å². The van der Waals surface area contributed by atoms with E-state index in [4.69, 9.17) is 14.2 Å². The van der Waals surface area contributed by atoms with Gasteiger partial charge in [-0.15, -0.1) is 0 Å². The summed E-state index contributed by atoms with van der Waals surface area (Å²) in [6.45, 7) is 4.83. The smallest absolute Gasteiger partial charge is 0.425 e. The minimum atomic E-state index is -4.87. The van der Waals surface area contributed by atoms with E-state index in [-0.39, 0.29) is 18.6 Å². The van der Waals surface area contributed by atoms with E-state index in [9.17, 15) is 27.9 Å². The summed E-state index contributed by atoms with van der Waals surface area (Å²) in [5, 5.41) is 12.6. The van der Waals surface area contributed by atoms with Crippen LogP contribution in [-0.2, 0) is 19.7 Å². The Labute approximate surface area is 268 Å². The number of aliphatic carboxylic acids is 1. The zero-order chi connectivity index (χ0) is 33.6. The highest BCUT2D eigenvalue weighted by molar-refractivity contribution is 5.97. The molecule has 0 bridgehead atoms. The minimum Gasteiger partial charge on any atom is -0.549 e. The van der Waals surface area contributed by atoms with Crippen molar-refractivity contribution in [1.29, 1.82) is 0 Å². The normalized spacial score (nSPS) is 18.6. The molecule has 3 atom stereocenters. The zero-order valence-electron chi connectivity index (χ0n) is 26.5. The molecular formula is C36H43F4O6-. The maximum Gasteiger partial charge on any atom is 0.425 e. The molecule has 2 aromatic rings. The average molecular weight is 648 g/mol. The molecule has 0 spiro atoms. The van der Waals surface area contributed by atoms with Crippen LogP contribution in [0.2, 0.25) is 0 Å². The number of esters is 1. The second-order valence-electron chi connectivity index (χ2n) is 11.3. The van der Waals surface area contributed by atoms with Crippen molar-refractivity contribution in [1.82, 2.24) is 0 Å². The van der Waals surface area contributed by atoms with E-state index in [1.165, 1.54) is 56.4 Å². The summed E-state index contributed by atoms with van der Waals surface area (Å²) in [5.74, 6) is -2.62. The topological polar surface area (TPSA) is 84.9 Å². The number of rotatable bonds is 19. The number of carboxylic acid groups (broad SMARTS) is 1. The fourth-order valence-electron chi connectivity index (χ4n) is 5.39. The second kappa shape index (κ2) is 17.9. The molecular weight excluding hydrogens is 604 g/mol. The summed E-state index contributed by atoms with van der Waals surface area (Å²) in [4.78, 5) is 25.6. The Bertz CT molecular complexity index is 1320. The molecule has 6 nitrogen and oxygen atoms in total. The molecule has 10 heteroatoms. The first-order valence-corrected chi connectivity index (χ1v) is 16.0. The monoisotopic (exact) mass is 647 g/mol. The molecule has 1 aliphatic rings. The van der Waals surface area contributed by atoms with Crippen molar-refractivity contribution in [3.63, 3.8) is 0 Å². The Morgan fingerprint density at radius 3 is 2.22 bits per heavy atom. The number of halogens is 4. The van der Waals surface area contributed by atoms with Crippen LogP contribution in [-0.4, -0.2) is 50.2 Å². The quantitative estimate of drug-likeness (QED) is 0.0883. The number of hydrogen-bond donors (Lipinski definition) is 0. The van der Waals surface area contributed by atoms with E-state index in [0.29, 0.717) is 30.1 Å². The molecule has 3 rings (SSSR count). The Morgan fingerprint density at radius 2 is 1.59 bits per heavy atom. The molecule has 0 aromatic heterocycles. The van der Waals surface area contributed by atoms with E-state index < -0.39 is 47.8 Å². The minimum absolute atomic E-state index is 0.0227. The maximum atomic E-state index is 16.0. The molecule has 0 saturated heterocycles. The number of hydrogen-bond acceptors (Lipinski definition) is 6. The van der Waals surface area contributed by atoms with Crippen molar-refractivity contribution < 1.29 is 46.5 Å². The van der Waals surface area contributed by atoms with Gasteiger partial charge in [0.2, 0.25) is 0 Å². The van der Waals surface area contributed by atoms with Gasteiger partial charge in [-0.1, -0.05) is 87.9 Å². The Morgan fingerprint density at radius 1 is 0.913 bits per heavy atom. The van der Waals surface area contributed by atoms with Crippen molar-refractivity contribution in [3.05, 3.63) is 83.4 Å². The van der Waals surface area contributed by atoms with Gasteiger partial charge in [0.25, 0.3) is 0 Å². The first-order valence-electron chi connectivity index (χ1n) is 16.0. The number of unbranched alkanes of at least 4 members (excludes halogenated alkanes) is 6. The van der Waals surface area contributed by atoms with Crippen LogP contribution in [0.3, 0.4) is 0 Å². The SMILES string of the molecule is CCCCCCCCCOc1ccc(C2=CC(F)C(C(=O)[O-])(c3ccccc3C(=O)OC(CCCOCC)C(F)(F)F)C=C2)cc1. The van der Waals surface area contributed by atoms with Crippen LogP contribution in [0, 0.1) is 0 Å². The summed E-state index contributed by atoms with van der Waals surface area (Å²) in [7, 11) is 0. The Kier molecular flexibility index (Phi) is 14.3. The molecule has 3 unspecified atom stereocenters. The van der Waals surface area contributed by atoms with Gasteiger partial charge in [-0.25, -0.2) is 9.18 Å². The lowest BCUT2D eigenvalue weighted by molar-refractivity contribution is -0.313. The molecule has 0 heterocycles. The summed E-state index contributed by atoms with van der Waals surface area (Å²) in [6, 6.07) is 11.9. The first kappa shape index (κ1) is 36.8. The fourth-order valence-corrected chi connectivity index (χ4v) is 5.39. The van der Waals surface area contributed by atoms with Gasteiger partial charge < -0.3 is 24.1 Å². The number of carbonyl (C=O) groups is 2. The van der Waals surface area contributed by atoms with Crippen molar-refractivity contribution in [2.24, 2.45) is 0 Å². The predicted molar refractivity (Wildman–Crippen MR) is 166 cm³/mol. The van der Waals surface area contributed by atoms with Gasteiger partial charge in [-0.3, -0.25) is 0 Å². The second-order valence-corrected chi connectivity index (χ2v) is 11.3. The van der Waals surface area contributed by atoms with Gasteiger partial charge in [-0.2, -0.15) is 13.2 Å². The van der Waals surface area contributed by atoms with Crippen LogP contribution in [0.5, 0.6) is 5.75 Å². The highest BCUT2D eigenvalue weighted by Crippen LogP contribution is 2.41. The van der Waals surface area contributed by atoms with Crippen molar-refractivity contribution in [3.8, 4) is 5.75 Å². The molecule has 252 valence electrons. The molecule has 0 N–H and O–H groups in total. The predicted octanol–water partition coefficient (Wildman–Crippen LogP) is 7.70. The molecule has 46 heavy (non-hydrogen) atoms. The number of benzene rings is 2. The highest BCUT2D eigenvalue weighted by Gasteiger charge is 2.46. The third-order valence-electron chi connectivity index (χ3n) is 7.99. The largest absolute Gasteiger partial charge is 0.549 e. The molecule has 0 fully saturated rings. The van der Waals surface area contributed by atoms with E-state index in [2.05, 4.69) is 6.92 Å². The van der Waals surface area contributed by atoms with E-state index in [1.54, 1.807) is 31.2 Å². The van der Waals surface area contributed by atoms with Crippen molar-refractivity contribution in [2.75, 3.05) is 19.8 Å². The van der Waals surface area contributed by atoms with Crippen LogP contribution < -0.4 is 9.84 Å². The maximum absolute atomic E-state index is 16.0. The molecule has 0 saturated carbocycles. The van der Waals surface area contributed by atoms with Gasteiger partial charge in [0.05, 0.1) is 23.6 Å². The van der Waals surface area contributed by atoms with E-state index >= 15 is 4.39 Å². The number of ether oxygens (including phenoxy) is 3. The third-order valence-corrected chi connectivity index (χ3v) is 7.99. The standard InChI is InChI=1S/C36H44F4O6/c1-3-5-6-7-8-9-12-24-45-28-19-17-26(18-20-28)27-21-22-35(34(42)43,31(37)25-27)30-15-11-10-14-29(30)33(41)46-32(36(38,39)40)16-13-23-44-4-2/h10-11,14-15,17-22,25,31-32H,3-9,12-13,16,23-24H2,1-2H3,(H,42,43)/p-1. The van der Waals surface area contributed by atoms with Crippen LogP contribution in [0.15, 0.2) is 66.8 Å². The molecule has 0 aliphatic heterocycles. The van der Waals surface area contributed by atoms with Gasteiger partial charge in [0.1, 0.15) is 11.9 Å². The first-order chi connectivity index (χ1) is 22.0.